The molecule has 2 fully saturated rings. The Morgan fingerprint density at radius 2 is 2.33 bits per heavy atom. The zero-order valence-corrected chi connectivity index (χ0v) is 14.4. The van der Waals surface area contributed by atoms with Crippen LogP contribution in [0.25, 0.3) is 0 Å². The monoisotopic (exact) mass is 337 g/mol. The van der Waals surface area contributed by atoms with Crippen molar-refractivity contribution >= 4 is 34.8 Å². The summed E-state index contributed by atoms with van der Waals surface area (Å²) >= 11 is 5.17. The maximum absolute atomic E-state index is 4.63. The predicted octanol–water partition coefficient (Wildman–Crippen LogP) is 3.74. The molecule has 2 aliphatic heterocycles. The number of rotatable bonds is 6. The summed E-state index contributed by atoms with van der Waals surface area (Å²) in [5.41, 5.74) is 1.30. The number of piperidine rings is 1. The topological polar surface area (TPSA) is 29.0 Å². The lowest BCUT2D eigenvalue weighted by molar-refractivity contribution is 0.342. The zero-order chi connectivity index (χ0) is 14.1. The summed E-state index contributed by atoms with van der Waals surface area (Å²) < 4.78 is 9.19. The molecule has 4 rings (SSSR count). The maximum Gasteiger partial charge on any atom is 0.134 e. The van der Waals surface area contributed by atoms with Crippen molar-refractivity contribution in [1.29, 1.82) is 0 Å². The van der Waals surface area contributed by atoms with Gasteiger partial charge in [0.15, 0.2) is 0 Å². The number of aromatic nitrogens is 2. The van der Waals surface area contributed by atoms with Gasteiger partial charge in [-0.15, -0.1) is 23.1 Å². The molecule has 0 spiro atoms. The van der Waals surface area contributed by atoms with E-state index >= 15 is 0 Å². The van der Waals surface area contributed by atoms with Crippen LogP contribution in [0, 0.1) is 5.92 Å². The van der Waals surface area contributed by atoms with Crippen LogP contribution < -0.4 is 0 Å². The first-order valence-corrected chi connectivity index (χ1v) is 10.2. The summed E-state index contributed by atoms with van der Waals surface area (Å²) in [5.74, 6) is 2.63. The van der Waals surface area contributed by atoms with E-state index in [9.17, 15) is 0 Å². The first-order valence-electron chi connectivity index (χ1n) is 7.60. The number of hydrogen-bond acceptors (Lipinski definition) is 6. The Kier molecular flexibility index (Phi) is 4.30. The van der Waals surface area contributed by atoms with Crippen molar-refractivity contribution in [3.8, 4) is 0 Å². The minimum absolute atomic E-state index is 0.650. The lowest BCUT2D eigenvalue weighted by atomic mass is 9.90. The standard InChI is InChI=1S/C15H19N3S3/c1-3-12(19-7-1)4-2-8-20-15-14(16-21-17-15)13-10-18-6-5-11(13)9-18/h1,3,7,11,13H,2,4-6,8-10H2. The SMILES string of the molecule is c1csc(CCCSc2nsnc2C2CN3CCC2C3)c1. The van der Waals surface area contributed by atoms with Gasteiger partial charge in [0, 0.05) is 23.9 Å². The molecule has 3 nitrogen and oxygen atoms in total. The fourth-order valence-electron chi connectivity index (χ4n) is 3.48. The Morgan fingerprint density at radius 1 is 1.33 bits per heavy atom. The van der Waals surface area contributed by atoms with Crippen molar-refractivity contribution in [2.45, 2.75) is 30.2 Å². The summed E-state index contributed by atoms with van der Waals surface area (Å²) in [5, 5.41) is 3.37. The smallest absolute Gasteiger partial charge is 0.134 e. The largest absolute Gasteiger partial charge is 0.302 e. The van der Waals surface area contributed by atoms with E-state index in [0.717, 1.165) is 11.7 Å². The van der Waals surface area contributed by atoms with Crippen LogP contribution in [0.15, 0.2) is 22.5 Å². The Bertz CT molecular complexity index is 581. The van der Waals surface area contributed by atoms with Gasteiger partial charge in [0.2, 0.25) is 0 Å². The lowest BCUT2D eigenvalue weighted by Crippen LogP contribution is -2.22. The molecular formula is C15H19N3S3. The van der Waals surface area contributed by atoms with Crippen molar-refractivity contribution in [1.82, 2.24) is 13.6 Å². The fraction of sp³-hybridized carbons (Fsp3) is 0.600. The summed E-state index contributed by atoms with van der Waals surface area (Å²) in [7, 11) is 0. The first kappa shape index (κ1) is 14.2. The highest BCUT2D eigenvalue weighted by molar-refractivity contribution is 7.99. The third kappa shape index (κ3) is 3.04. The molecular weight excluding hydrogens is 318 g/mol. The molecule has 0 amide bonds. The van der Waals surface area contributed by atoms with Crippen LogP contribution >= 0.6 is 34.8 Å². The minimum Gasteiger partial charge on any atom is -0.302 e. The average molecular weight is 338 g/mol. The molecule has 0 N–H and O–H groups in total. The summed E-state index contributed by atoms with van der Waals surface area (Å²) in [6.45, 7) is 3.78. The van der Waals surface area contributed by atoms with E-state index in [1.54, 1.807) is 0 Å². The maximum atomic E-state index is 4.63. The third-order valence-electron chi connectivity index (χ3n) is 4.55. The van der Waals surface area contributed by atoms with Gasteiger partial charge in [0.1, 0.15) is 5.03 Å². The molecule has 21 heavy (non-hydrogen) atoms. The Labute approximate surface area is 138 Å². The van der Waals surface area contributed by atoms with Crippen molar-refractivity contribution in [3.63, 3.8) is 0 Å². The van der Waals surface area contributed by atoms with Crippen molar-refractivity contribution in [3.05, 3.63) is 28.1 Å². The predicted molar refractivity (Wildman–Crippen MR) is 90.6 cm³/mol. The van der Waals surface area contributed by atoms with Crippen LogP contribution in [0.2, 0.25) is 0 Å². The van der Waals surface area contributed by atoms with E-state index in [0.29, 0.717) is 5.92 Å². The third-order valence-corrected chi connectivity index (χ3v) is 7.21. The molecule has 4 heterocycles. The molecule has 3 atom stereocenters. The molecule has 2 aliphatic rings. The molecule has 2 bridgehead atoms. The molecule has 0 aromatic carbocycles. The molecule has 2 aromatic rings. The van der Waals surface area contributed by atoms with Crippen molar-refractivity contribution in [2.75, 3.05) is 25.4 Å². The summed E-state index contributed by atoms with van der Waals surface area (Å²) in [6.07, 6.45) is 3.77. The van der Waals surface area contributed by atoms with Gasteiger partial charge in [-0.05, 0) is 48.9 Å². The van der Waals surface area contributed by atoms with E-state index in [-0.39, 0.29) is 0 Å². The fourth-order valence-corrected chi connectivity index (χ4v) is 5.94. The quantitative estimate of drug-likeness (QED) is 0.593. The second-order valence-corrected chi connectivity index (χ2v) is 8.55. The van der Waals surface area contributed by atoms with Crippen LogP contribution in [-0.2, 0) is 6.42 Å². The number of thioether (sulfide) groups is 1. The highest BCUT2D eigenvalue weighted by Gasteiger charge is 2.41. The van der Waals surface area contributed by atoms with Crippen LogP contribution in [0.4, 0.5) is 0 Å². The molecule has 2 saturated heterocycles. The molecule has 112 valence electrons. The Balaban J connectivity index is 1.33. The Morgan fingerprint density at radius 3 is 3.10 bits per heavy atom. The number of hydrogen-bond donors (Lipinski definition) is 0. The van der Waals surface area contributed by atoms with Gasteiger partial charge >= 0.3 is 0 Å². The van der Waals surface area contributed by atoms with E-state index in [1.165, 1.54) is 66.2 Å². The molecule has 0 saturated carbocycles. The van der Waals surface area contributed by atoms with Gasteiger partial charge in [-0.3, -0.25) is 0 Å². The minimum atomic E-state index is 0.650. The van der Waals surface area contributed by atoms with Crippen LogP contribution in [0.5, 0.6) is 0 Å². The van der Waals surface area contributed by atoms with E-state index < -0.39 is 0 Å². The van der Waals surface area contributed by atoms with Crippen LogP contribution in [0.3, 0.4) is 0 Å². The summed E-state index contributed by atoms with van der Waals surface area (Å²) in [4.78, 5) is 4.08. The lowest BCUT2D eigenvalue weighted by Gasteiger charge is -2.20. The molecule has 3 unspecified atom stereocenters. The number of aryl methyl sites for hydroxylation is 1. The number of fused-ring (bicyclic) bond motifs is 2. The van der Waals surface area contributed by atoms with Gasteiger partial charge in [-0.2, -0.15) is 8.75 Å². The first-order chi connectivity index (χ1) is 10.4. The highest BCUT2D eigenvalue weighted by atomic mass is 32.2. The Hall–Kier alpha value is -0.430. The van der Waals surface area contributed by atoms with Crippen LogP contribution in [0.1, 0.15) is 29.3 Å². The van der Waals surface area contributed by atoms with Gasteiger partial charge in [0.25, 0.3) is 0 Å². The van der Waals surface area contributed by atoms with Gasteiger partial charge < -0.3 is 4.90 Å². The normalized spacial score (nSPS) is 27.5. The molecule has 0 radical (unpaired) electrons. The van der Waals surface area contributed by atoms with Crippen LogP contribution in [-0.4, -0.2) is 39.0 Å². The van der Waals surface area contributed by atoms with Crippen molar-refractivity contribution in [2.24, 2.45) is 5.92 Å². The van der Waals surface area contributed by atoms with Gasteiger partial charge in [-0.1, -0.05) is 6.07 Å². The van der Waals surface area contributed by atoms with Gasteiger partial charge in [0.05, 0.1) is 17.4 Å². The van der Waals surface area contributed by atoms with Gasteiger partial charge in [-0.25, -0.2) is 0 Å². The average Bonchev–Trinajstić information content (AvgIpc) is 3.26. The van der Waals surface area contributed by atoms with E-state index in [1.807, 2.05) is 23.1 Å². The van der Waals surface area contributed by atoms with E-state index in [2.05, 4.69) is 31.2 Å². The number of thiophene rings is 1. The number of nitrogens with zero attached hydrogens (tertiary/aromatic N) is 3. The van der Waals surface area contributed by atoms with E-state index in [4.69, 9.17) is 0 Å². The zero-order valence-electron chi connectivity index (χ0n) is 11.9. The molecule has 2 aromatic heterocycles. The van der Waals surface area contributed by atoms with Crippen molar-refractivity contribution < 1.29 is 0 Å². The summed E-state index contributed by atoms with van der Waals surface area (Å²) in [6, 6.07) is 4.37. The second-order valence-electron chi connectivity index (χ2n) is 5.90. The highest BCUT2D eigenvalue weighted by Crippen LogP contribution is 2.42. The molecule has 0 aliphatic carbocycles. The molecule has 6 heteroatoms. The second kappa shape index (κ2) is 6.36.